The summed E-state index contributed by atoms with van der Waals surface area (Å²) in [6.07, 6.45) is 7.17. The van der Waals surface area contributed by atoms with E-state index in [1.807, 2.05) is 0 Å². The van der Waals surface area contributed by atoms with Gasteiger partial charge in [-0.05, 0) is 43.2 Å². The SMILES string of the molecule is O=C(NC1CCCCC1)c1cccnc1Nc1ccc(F)c(Cl)c1. The highest BCUT2D eigenvalue weighted by molar-refractivity contribution is 6.31. The molecule has 0 atom stereocenters. The first kappa shape index (κ1) is 16.7. The third-order valence-corrected chi connectivity index (χ3v) is 4.46. The first-order chi connectivity index (χ1) is 11.6. The molecular formula is C18H19ClFN3O. The van der Waals surface area contributed by atoms with Gasteiger partial charge in [0.1, 0.15) is 11.6 Å². The molecule has 126 valence electrons. The van der Waals surface area contributed by atoms with E-state index < -0.39 is 5.82 Å². The zero-order valence-electron chi connectivity index (χ0n) is 13.2. The van der Waals surface area contributed by atoms with Gasteiger partial charge >= 0.3 is 0 Å². The summed E-state index contributed by atoms with van der Waals surface area (Å²) in [4.78, 5) is 16.8. The third-order valence-electron chi connectivity index (χ3n) is 4.18. The van der Waals surface area contributed by atoms with E-state index in [0.29, 0.717) is 17.1 Å². The van der Waals surface area contributed by atoms with Crippen LogP contribution < -0.4 is 10.6 Å². The van der Waals surface area contributed by atoms with Crippen LogP contribution in [0.25, 0.3) is 0 Å². The van der Waals surface area contributed by atoms with Crippen LogP contribution in [-0.2, 0) is 0 Å². The van der Waals surface area contributed by atoms with E-state index in [9.17, 15) is 9.18 Å². The Morgan fingerprint density at radius 2 is 2.00 bits per heavy atom. The Kier molecular flexibility index (Phi) is 5.30. The van der Waals surface area contributed by atoms with Crippen LogP contribution in [0.2, 0.25) is 5.02 Å². The molecule has 0 spiro atoms. The van der Waals surface area contributed by atoms with Crippen LogP contribution in [0, 0.1) is 5.82 Å². The predicted octanol–water partition coefficient (Wildman–Crippen LogP) is 4.68. The molecule has 0 aliphatic heterocycles. The summed E-state index contributed by atoms with van der Waals surface area (Å²) in [5, 5.41) is 6.13. The van der Waals surface area contributed by atoms with Crippen molar-refractivity contribution in [2.45, 2.75) is 38.1 Å². The fraction of sp³-hybridized carbons (Fsp3) is 0.333. The molecule has 1 saturated carbocycles. The molecule has 1 aliphatic carbocycles. The van der Waals surface area contributed by atoms with Crippen molar-refractivity contribution in [2.24, 2.45) is 0 Å². The van der Waals surface area contributed by atoms with Crippen LogP contribution >= 0.6 is 11.6 Å². The van der Waals surface area contributed by atoms with Gasteiger partial charge < -0.3 is 10.6 Å². The molecule has 1 aromatic carbocycles. The van der Waals surface area contributed by atoms with Crippen molar-refractivity contribution in [1.29, 1.82) is 0 Å². The van der Waals surface area contributed by atoms with Gasteiger partial charge in [-0.2, -0.15) is 0 Å². The van der Waals surface area contributed by atoms with Gasteiger partial charge in [0.25, 0.3) is 5.91 Å². The molecule has 1 aliphatic rings. The molecule has 6 heteroatoms. The Balaban J connectivity index is 1.76. The zero-order valence-corrected chi connectivity index (χ0v) is 13.9. The van der Waals surface area contributed by atoms with Gasteiger partial charge in [-0.25, -0.2) is 9.37 Å². The lowest BCUT2D eigenvalue weighted by Gasteiger charge is -2.23. The van der Waals surface area contributed by atoms with E-state index >= 15 is 0 Å². The summed E-state index contributed by atoms with van der Waals surface area (Å²) in [5.41, 5.74) is 1.04. The van der Waals surface area contributed by atoms with Crippen LogP contribution in [0.3, 0.4) is 0 Å². The van der Waals surface area contributed by atoms with Crippen molar-refractivity contribution in [3.63, 3.8) is 0 Å². The Labute approximate surface area is 145 Å². The number of rotatable bonds is 4. The number of nitrogens with zero attached hydrogens (tertiary/aromatic N) is 1. The standard InChI is InChI=1S/C18H19ClFN3O/c19-15-11-13(8-9-16(15)20)22-17-14(7-4-10-21-17)18(24)23-12-5-2-1-3-6-12/h4,7-12H,1-3,5-6H2,(H,21,22)(H,23,24). The molecule has 1 aromatic heterocycles. The highest BCUT2D eigenvalue weighted by Crippen LogP contribution is 2.24. The minimum atomic E-state index is -0.487. The monoisotopic (exact) mass is 347 g/mol. The van der Waals surface area contributed by atoms with Crippen molar-refractivity contribution in [3.8, 4) is 0 Å². The molecule has 3 rings (SSSR count). The van der Waals surface area contributed by atoms with E-state index in [2.05, 4.69) is 15.6 Å². The van der Waals surface area contributed by atoms with Crippen LogP contribution in [0.4, 0.5) is 15.9 Å². The summed E-state index contributed by atoms with van der Waals surface area (Å²) in [7, 11) is 0. The Morgan fingerprint density at radius 3 is 2.75 bits per heavy atom. The third kappa shape index (κ3) is 4.03. The maximum Gasteiger partial charge on any atom is 0.255 e. The van der Waals surface area contributed by atoms with Crippen LogP contribution in [0.1, 0.15) is 42.5 Å². The molecule has 0 bridgehead atoms. The number of nitrogens with one attached hydrogen (secondary N) is 2. The first-order valence-corrected chi connectivity index (χ1v) is 8.49. The van der Waals surface area contributed by atoms with Crippen molar-refractivity contribution in [1.82, 2.24) is 10.3 Å². The van der Waals surface area contributed by atoms with E-state index in [0.717, 1.165) is 25.7 Å². The number of aromatic nitrogens is 1. The molecule has 24 heavy (non-hydrogen) atoms. The number of hydrogen-bond acceptors (Lipinski definition) is 3. The van der Waals surface area contributed by atoms with Crippen LogP contribution in [0.5, 0.6) is 0 Å². The summed E-state index contributed by atoms with van der Waals surface area (Å²) in [6, 6.07) is 7.96. The molecule has 1 fully saturated rings. The minimum Gasteiger partial charge on any atom is -0.349 e. The number of carbonyl (C=O) groups is 1. The van der Waals surface area contributed by atoms with E-state index in [1.54, 1.807) is 24.4 Å². The summed E-state index contributed by atoms with van der Waals surface area (Å²) >= 11 is 5.80. The van der Waals surface area contributed by atoms with Gasteiger partial charge in [0, 0.05) is 17.9 Å². The molecule has 1 amide bonds. The molecule has 2 N–H and O–H groups in total. The molecule has 0 radical (unpaired) electrons. The fourth-order valence-electron chi connectivity index (χ4n) is 2.91. The van der Waals surface area contributed by atoms with Gasteiger partial charge in [0.15, 0.2) is 0 Å². The Hall–Kier alpha value is -2.14. The van der Waals surface area contributed by atoms with Crippen LogP contribution in [0.15, 0.2) is 36.5 Å². The van der Waals surface area contributed by atoms with E-state index in [1.165, 1.54) is 18.6 Å². The van der Waals surface area contributed by atoms with Crippen molar-refractivity contribution in [3.05, 3.63) is 52.9 Å². The highest BCUT2D eigenvalue weighted by Gasteiger charge is 2.19. The quantitative estimate of drug-likeness (QED) is 0.844. The van der Waals surface area contributed by atoms with Crippen molar-refractivity contribution < 1.29 is 9.18 Å². The lowest BCUT2D eigenvalue weighted by atomic mass is 9.95. The van der Waals surface area contributed by atoms with Crippen molar-refractivity contribution in [2.75, 3.05) is 5.32 Å². The number of benzene rings is 1. The molecule has 4 nitrogen and oxygen atoms in total. The molecular weight excluding hydrogens is 329 g/mol. The van der Waals surface area contributed by atoms with Crippen LogP contribution in [-0.4, -0.2) is 16.9 Å². The number of hydrogen-bond donors (Lipinski definition) is 2. The largest absolute Gasteiger partial charge is 0.349 e. The number of carbonyl (C=O) groups excluding carboxylic acids is 1. The Bertz CT molecular complexity index is 732. The second kappa shape index (κ2) is 7.62. The maximum absolute atomic E-state index is 13.3. The fourth-order valence-corrected chi connectivity index (χ4v) is 3.09. The van der Waals surface area contributed by atoms with Gasteiger partial charge in [-0.3, -0.25) is 4.79 Å². The summed E-state index contributed by atoms with van der Waals surface area (Å²) in [6.45, 7) is 0. The summed E-state index contributed by atoms with van der Waals surface area (Å²) in [5.74, 6) is -0.210. The maximum atomic E-state index is 13.3. The highest BCUT2D eigenvalue weighted by atomic mass is 35.5. The lowest BCUT2D eigenvalue weighted by Crippen LogP contribution is -2.36. The molecule has 0 saturated heterocycles. The van der Waals surface area contributed by atoms with Gasteiger partial charge in [0.2, 0.25) is 0 Å². The zero-order chi connectivity index (χ0) is 16.9. The number of anilines is 2. The predicted molar refractivity (Wildman–Crippen MR) is 93.3 cm³/mol. The number of halogens is 2. The number of pyridine rings is 1. The molecule has 1 heterocycles. The van der Waals surface area contributed by atoms with Crippen molar-refractivity contribution >= 4 is 29.0 Å². The first-order valence-electron chi connectivity index (χ1n) is 8.11. The van der Waals surface area contributed by atoms with E-state index in [4.69, 9.17) is 11.6 Å². The second-order valence-electron chi connectivity index (χ2n) is 5.96. The molecule has 0 unspecified atom stereocenters. The Morgan fingerprint density at radius 1 is 1.21 bits per heavy atom. The minimum absolute atomic E-state index is 0.0177. The number of amides is 1. The summed E-state index contributed by atoms with van der Waals surface area (Å²) < 4.78 is 13.3. The lowest BCUT2D eigenvalue weighted by molar-refractivity contribution is 0.0928. The second-order valence-corrected chi connectivity index (χ2v) is 6.37. The van der Waals surface area contributed by atoms with Gasteiger partial charge in [-0.1, -0.05) is 30.9 Å². The normalized spacial score (nSPS) is 15.1. The average Bonchev–Trinajstić information content (AvgIpc) is 2.59. The average molecular weight is 348 g/mol. The smallest absolute Gasteiger partial charge is 0.255 e. The van der Waals surface area contributed by atoms with Gasteiger partial charge in [-0.15, -0.1) is 0 Å². The molecule has 2 aromatic rings. The topological polar surface area (TPSA) is 54.0 Å². The van der Waals surface area contributed by atoms with Gasteiger partial charge in [0.05, 0.1) is 10.6 Å². The van der Waals surface area contributed by atoms with E-state index in [-0.39, 0.29) is 17.0 Å².